The summed E-state index contributed by atoms with van der Waals surface area (Å²) in [6, 6.07) is 9.14. The van der Waals surface area contributed by atoms with Gasteiger partial charge < -0.3 is 14.6 Å². The highest BCUT2D eigenvalue weighted by Gasteiger charge is 2.18. The van der Waals surface area contributed by atoms with E-state index in [0.717, 1.165) is 5.56 Å². The largest absolute Gasteiger partial charge is 0.385 e. The predicted molar refractivity (Wildman–Crippen MR) is 57.0 cm³/mol. The summed E-state index contributed by atoms with van der Waals surface area (Å²) in [5.74, 6) is 2.38. The summed E-state index contributed by atoms with van der Waals surface area (Å²) in [5, 5.41) is 9.88. The standard InChI is InChI=1S/C12H14O3/c1-3-11(15-9-14-2)12(13)10-7-5-4-6-8-10/h1,4-8,11-13H,9H2,2H3/t11-,12-/m0/s1. The highest BCUT2D eigenvalue weighted by Crippen LogP contribution is 2.18. The summed E-state index contributed by atoms with van der Waals surface area (Å²) in [5.41, 5.74) is 0.733. The van der Waals surface area contributed by atoms with Crippen molar-refractivity contribution < 1.29 is 14.6 Å². The van der Waals surface area contributed by atoms with E-state index in [0.29, 0.717) is 0 Å². The van der Waals surface area contributed by atoms with Crippen molar-refractivity contribution in [1.82, 2.24) is 0 Å². The Morgan fingerprint density at radius 2 is 2.07 bits per heavy atom. The Hall–Kier alpha value is -1.34. The summed E-state index contributed by atoms with van der Waals surface area (Å²) < 4.78 is 9.88. The minimum absolute atomic E-state index is 0.0682. The molecule has 0 amide bonds. The van der Waals surface area contributed by atoms with E-state index in [1.807, 2.05) is 18.2 Å². The van der Waals surface area contributed by atoms with Gasteiger partial charge >= 0.3 is 0 Å². The summed E-state index contributed by atoms with van der Waals surface area (Å²) in [6.45, 7) is 0.0682. The molecule has 0 aliphatic rings. The Bertz CT molecular complexity index is 315. The lowest BCUT2D eigenvalue weighted by Gasteiger charge is -2.18. The van der Waals surface area contributed by atoms with E-state index in [4.69, 9.17) is 15.9 Å². The van der Waals surface area contributed by atoms with Crippen molar-refractivity contribution in [3.8, 4) is 12.3 Å². The van der Waals surface area contributed by atoms with Gasteiger partial charge in [0.25, 0.3) is 0 Å². The Kier molecular flexibility index (Phi) is 4.85. The quantitative estimate of drug-likeness (QED) is 0.583. The minimum atomic E-state index is -0.827. The number of hydrogen-bond donors (Lipinski definition) is 1. The number of terminal acetylenes is 1. The maximum Gasteiger partial charge on any atom is 0.150 e. The van der Waals surface area contributed by atoms with E-state index in [1.165, 1.54) is 7.11 Å². The molecule has 1 aromatic rings. The van der Waals surface area contributed by atoms with E-state index < -0.39 is 12.2 Å². The molecule has 0 bridgehead atoms. The molecule has 3 nitrogen and oxygen atoms in total. The van der Waals surface area contributed by atoms with Crippen molar-refractivity contribution in [3.63, 3.8) is 0 Å². The third-order valence-electron chi connectivity index (χ3n) is 1.96. The first-order valence-corrected chi connectivity index (χ1v) is 4.59. The highest BCUT2D eigenvalue weighted by molar-refractivity contribution is 5.21. The number of rotatable bonds is 5. The molecule has 15 heavy (non-hydrogen) atoms. The number of ether oxygens (including phenoxy) is 2. The van der Waals surface area contributed by atoms with Crippen LogP contribution in [0.1, 0.15) is 11.7 Å². The van der Waals surface area contributed by atoms with Crippen molar-refractivity contribution in [2.75, 3.05) is 13.9 Å². The Balaban J connectivity index is 2.66. The highest BCUT2D eigenvalue weighted by atomic mass is 16.7. The van der Waals surface area contributed by atoms with Crippen LogP contribution in [0.3, 0.4) is 0 Å². The molecule has 0 aliphatic heterocycles. The van der Waals surface area contributed by atoms with Gasteiger partial charge in [0.1, 0.15) is 12.9 Å². The zero-order valence-corrected chi connectivity index (χ0v) is 8.59. The molecule has 0 heterocycles. The molecule has 0 aromatic heterocycles. The van der Waals surface area contributed by atoms with Gasteiger partial charge in [0.15, 0.2) is 6.10 Å². The number of hydrogen-bond acceptors (Lipinski definition) is 3. The molecule has 1 aromatic carbocycles. The van der Waals surface area contributed by atoms with E-state index >= 15 is 0 Å². The zero-order chi connectivity index (χ0) is 11.1. The van der Waals surface area contributed by atoms with E-state index in [-0.39, 0.29) is 6.79 Å². The smallest absolute Gasteiger partial charge is 0.150 e. The second kappa shape index (κ2) is 6.20. The summed E-state index contributed by atoms with van der Waals surface area (Å²) >= 11 is 0. The van der Waals surface area contributed by atoms with Crippen molar-refractivity contribution in [1.29, 1.82) is 0 Å². The second-order valence-electron chi connectivity index (χ2n) is 3.02. The average molecular weight is 206 g/mol. The monoisotopic (exact) mass is 206 g/mol. The SMILES string of the molecule is C#C[C@H](OCOC)[C@@H](O)c1ccccc1. The van der Waals surface area contributed by atoms with Crippen molar-refractivity contribution in [3.05, 3.63) is 35.9 Å². The van der Waals surface area contributed by atoms with E-state index in [1.54, 1.807) is 12.1 Å². The van der Waals surface area contributed by atoms with Crippen LogP contribution in [0.4, 0.5) is 0 Å². The third-order valence-corrected chi connectivity index (χ3v) is 1.96. The summed E-state index contributed by atoms with van der Waals surface area (Å²) in [6.07, 6.45) is 3.75. The topological polar surface area (TPSA) is 38.7 Å². The normalized spacial score (nSPS) is 14.2. The van der Waals surface area contributed by atoms with Crippen LogP contribution in [0.5, 0.6) is 0 Å². The molecule has 0 radical (unpaired) electrons. The maximum atomic E-state index is 9.88. The molecular weight excluding hydrogens is 192 g/mol. The lowest BCUT2D eigenvalue weighted by atomic mass is 10.1. The van der Waals surface area contributed by atoms with Crippen LogP contribution in [0.2, 0.25) is 0 Å². The fourth-order valence-electron chi connectivity index (χ4n) is 1.20. The number of aliphatic hydroxyl groups excluding tert-OH is 1. The van der Waals surface area contributed by atoms with Gasteiger partial charge in [-0.05, 0) is 5.56 Å². The van der Waals surface area contributed by atoms with Crippen LogP contribution >= 0.6 is 0 Å². The molecule has 0 unspecified atom stereocenters. The van der Waals surface area contributed by atoms with Crippen LogP contribution in [0.15, 0.2) is 30.3 Å². The zero-order valence-electron chi connectivity index (χ0n) is 8.59. The first kappa shape index (κ1) is 11.7. The summed E-state index contributed by atoms with van der Waals surface area (Å²) in [4.78, 5) is 0. The van der Waals surface area contributed by atoms with Gasteiger partial charge in [-0.3, -0.25) is 0 Å². The molecule has 0 spiro atoms. The molecule has 1 rings (SSSR count). The van der Waals surface area contributed by atoms with Gasteiger partial charge in [-0.25, -0.2) is 0 Å². The van der Waals surface area contributed by atoms with Crippen molar-refractivity contribution in [2.45, 2.75) is 12.2 Å². The lowest BCUT2D eigenvalue weighted by molar-refractivity contribution is -0.0903. The van der Waals surface area contributed by atoms with Crippen LogP contribution in [-0.4, -0.2) is 25.1 Å². The minimum Gasteiger partial charge on any atom is -0.385 e. The molecule has 80 valence electrons. The fraction of sp³-hybridized carbons (Fsp3) is 0.333. The Morgan fingerprint density at radius 1 is 1.40 bits per heavy atom. The number of benzene rings is 1. The van der Waals surface area contributed by atoms with Crippen LogP contribution in [0.25, 0.3) is 0 Å². The average Bonchev–Trinajstić information content (AvgIpc) is 2.31. The van der Waals surface area contributed by atoms with Gasteiger partial charge in [-0.2, -0.15) is 0 Å². The number of methoxy groups -OCH3 is 1. The number of aliphatic hydroxyl groups is 1. The van der Waals surface area contributed by atoms with Gasteiger partial charge in [-0.15, -0.1) is 6.42 Å². The molecule has 0 saturated carbocycles. The van der Waals surface area contributed by atoms with Crippen LogP contribution < -0.4 is 0 Å². The molecule has 0 aliphatic carbocycles. The molecular formula is C12H14O3. The molecule has 0 fully saturated rings. The van der Waals surface area contributed by atoms with E-state index in [9.17, 15) is 5.11 Å². The Labute approximate surface area is 89.6 Å². The van der Waals surface area contributed by atoms with Crippen LogP contribution in [0, 0.1) is 12.3 Å². The van der Waals surface area contributed by atoms with Gasteiger partial charge in [0.05, 0.1) is 0 Å². The van der Waals surface area contributed by atoms with Crippen molar-refractivity contribution >= 4 is 0 Å². The molecule has 0 saturated heterocycles. The van der Waals surface area contributed by atoms with Gasteiger partial charge in [0, 0.05) is 7.11 Å². The molecule has 2 atom stereocenters. The molecule has 1 N–H and O–H groups in total. The van der Waals surface area contributed by atoms with Crippen LogP contribution in [-0.2, 0) is 9.47 Å². The van der Waals surface area contributed by atoms with E-state index in [2.05, 4.69) is 5.92 Å². The molecule has 3 heteroatoms. The third kappa shape index (κ3) is 3.37. The van der Waals surface area contributed by atoms with Crippen molar-refractivity contribution in [2.24, 2.45) is 0 Å². The van der Waals surface area contributed by atoms with Gasteiger partial charge in [-0.1, -0.05) is 36.3 Å². The fourth-order valence-corrected chi connectivity index (χ4v) is 1.20. The first-order chi connectivity index (χ1) is 7.29. The summed E-state index contributed by atoms with van der Waals surface area (Å²) in [7, 11) is 1.50. The Morgan fingerprint density at radius 3 is 2.60 bits per heavy atom. The second-order valence-corrected chi connectivity index (χ2v) is 3.02. The lowest BCUT2D eigenvalue weighted by Crippen LogP contribution is -2.21. The predicted octanol–water partition coefficient (Wildman–Crippen LogP) is 1.34. The maximum absolute atomic E-state index is 9.88. The first-order valence-electron chi connectivity index (χ1n) is 4.59. The van der Waals surface area contributed by atoms with Gasteiger partial charge in [0.2, 0.25) is 0 Å².